The molecule has 0 bridgehead atoms. The highest BCUT2D eigenvalue weighted by molar-refractivity contribution is 5.75. The zero-order chi connectivity index (χ0) is 13.9. The Balaban J connectivity index is 2.06. The summed E-state index contributed by atoms with van der Waals surface area (Å²) >= 11 is 0. The second kappa shape index (κ2) is 5.65. The number of rotatable bonds is 3. The van der Waals surface area contributed by atoms with Gasteiger partial charge >= 0.3 is 0 Å². The zero-order valence-electron chi connectivity index (χ0n) is 11.9. The molecule has 0 spiro atoms. The van der Waals surface area contributed by atoms with Crippen LogP contribution in [0.1, 0.15) is 44.6 Å². The maximum Gasteiger partial charge on any atom is 0.274 e. The molecule has 4 heteroatoms. The molecule has 4 nitrogen and oxygen atoms in total. The van der Waals surface area contributed by atoms with Crippen molar-refractivity contribution in [2.45, 2.75) is 51.5 Å². The lowest BCUT2D eigenvalue weighted by Crippen LogP contribution is -2.38. The van der Waals surface area contributed by atoms with Crippen LogP contribution in [0.25, 0.3) is 11.0 Å². The standard InChI is InChI=1S/C16H21N3O/c1-2-12-11-13-7-6-10-17-15(13)19(16(12)20)18-14-8-4-3-5-9-14/h6-7,10-11,14,18H,2-5,8-9H2,1H3. The molecule has 106 valence electrons. The Morgan fingerprint density at radius 1 is 1.35 bits per heavy atom. The van der Waals surface area contributed by atoms with Gasteiger partial charge in [0.25, 0.3) is 5.56 Å². The van der Waals surface area contributed by atoms with Gasteiger partial charge in [0.2, 0.25) is 0 Å². The van der Waals surface area contributed by atoms with Gasteiger partial charge in [-0.3, -0.25) is 4.79 Å². The first-order valence-corrected chi connectivity index (χ1v) is 7.56. The van der Waals surface area contributed by atoms with Gasteiger partial charge in [0, 0.05) is 23.2 Å². The fourth-order valence-electron chi connectivity index (χ4n) is 2.99. The largest absolute Gasteiger partial charge is 0.318 e. The van der Waals surface area contributed by atoms with Crippen LogP contribution in [-0.4, -0.2) is 15.7 Å². The van der Waals surface area contributed by atoms with Gasteiger partial charge in [-0.15, -0.1) is 0 Å². The smallest absolute Gasteiger partial charge is 0.274 e. The molecule has 2 aromatic heterocycles. The lowest BCUT2D eigenvalue weighted by Gasteiger charge is -2.25. The lowest BCUT2D eigenvalue weighted by atomic mass is 9.96. The van der Waals surface area contributed by atoms with E-state index in [0.717, 1.165) is 35.9 Å². The molecular formula is C16H21N3O. The zero-order valence-corrected chi connectivity index (χ0v) is 11.9. The van der Waals surface area contributed by atoms with E-state index in [-0.39, 0.29) is 5.56 Å². The molecule has 0 saturated heterocycles. The number of aryl methyl sites for hydroxylation is 1. The third-order valence-corrected chi connectivity index (χ3v) is 4.13. The molecule has 1 aliphatic rings. The molecule has 2 aromatic rings. The van der Waals surface area contributed by atoms with Crippen molar-refractivity contribution in [2.24, 2.45) is 0 Å². The van der Waals surface area contributed by atoms with Crippen molar-refractivity contribution in [3.63, 3.8) is 0 Å². The van der Waals surface area contributed by atoms with Gasteiger partial charge in [-0.1, -0.05) is 26.2 Å². The van der Waals surface area contributed by atoms with Crippen molar-refractivity contribution in [1.29, 1.82) is 0 Å². The fourth-order valence-corrected chi connectivity index (χ4v) is 2.99. The molecule has 1 aliphatic carbocycles. The molecule has 3 rings (SSSR count). The molecule has 1 saturated carbocycles. The topological polar surface area (TPSA) is 46.9 Å². The van der Waals surface area contributed by atoms with Crippen LogP contribution < -0.4 is 11.0 Å². The van der Waals surface area contributed by atoms with E-state index < -0.39 is 0 Å². The summed E-state index contributed by atoms with van der Waals surface area (Å²) in [5, 5.41) is 1.02. The van der Waals surface area contributed by atoms with Crippen molar-refractivity contribution in [1.82, 2.24) is 9.66 Å². The van der Waals surface area contributed by atoms with Gasteiger partial charge in [0.05, 0.1) is 0 Å². The van der Waals surface area contributed by atoms with E-state index in [1.165, 1.54) is 19.3 Å². The third kappa shape index (κ3) is 2.42. The minimum Gasteiger partial charge on any atom is -0.318 e. The Hall–Kier alpha value is -1.84. The number of hydrogen-bond acceptors (Lipinski definition) is 3. The van der Waals surface area contributed by atoms with Crippen LogP contribution in [0.5, 0.6) is 0 Å². The van der Waals surface area contributed by atoms with E-state index in [9.17, 15) is 4.79 Å². The normalized spacial score (nSPS) is 16.4. The van der Waals surface area contributed by atoms with E-state index in [0.29, 0.717) is 6.04 Å². The maximum atomic E-state index is 12.5. The van der Waals surface area contributed by atoms with Gasteiger partial charge < -0.3 is 5.43 Å². The summed E-state index contributed by atoms with van der Waals surface area (Å²) in [5.41, 5.74) is 5.03. The van der Waals surface area contributed by atoms with Gasteiger partial charge in [0.15, 0.2) is 5.65 Å². The molecule has 0 radical (unpaired) electrons. The SMILES string of the molecule is CCc1cc2cccnc2n(NC2CCCCC2)c1=O. The van der Waals surface area contributed by atoms with Crippen molar-refractivity contribution < 1.29 is 0 Å². The average Bonchev–Trinajstić information content (AvgIpc) is 2.51. The number of hydrogen-bond donors (Lipinski definition) is 1. The first-order chi connectivity index (χ1) is 9.79. The summed E-state index contributed by atoms with van der Waals surface area (Å²) < 4.78 is 1.67. The van der Waals surface area contributed by atoms with Crippen LogP contribution in [0, 0.1) is 0 Å². The van der Waals surface area contributed by atoms with Crippen LogP contribution in [0.15, 0.2) is 29.2 Å². The lowest BCUT2D eigenvalue weighted by molar-refractivity contribution is 0.437. The first-order valence-electron chi connectivity index (χ1n) is 7.56. The molecule has 0 amide bonds. The molecule has 0 unspecified atom stereocenters. The molecule has 0 aliphatic heterocycles. The summed E-state index contributed by atoms with van der Waals surface area (Å²) in [7, 11) is 0. The second-order valence-corrected chi connectivity index (χ2v) is 5.54. The minimum atomic E-state index is 0.0456. The number of aromatic nitrogens is 2. The van der Waals surface area contributed by atoms with Crippen LogP contribution in [-0.2, 0) is 6.42 Å². The maximum absolute atomic E-state index is 12.5. The quantitative estimate of drug-likeness (QED) is 0.933. The van der Waals surface area contributed by atoms with Gasteiger partial charge in [-0.2, -0.15) is 0 Å². The highest BCUT2D eigenvalue weighted by Gasteiger charge is 2.16. The summed E-state index contributed by atoms with van der Waals surface area (Å²) in [6.07, 6.45) is 8.55. The van der Waals surface area contributed by atoms with Crippen molar-refractivity contribution >= 4 is 11.0 Å². The van der Waals surface area contributed by atoms with E-state index in [2.05, 4.69) is 10.4 Å². The van der Waals surface area contributed by atoms with E-state index in [4.69, 9.17) is 0 Å². The number of nitrogens with zero attached hydrogens (tertiary/aromatic N) is 2. The van der Waals surface area contributed by atoms with E-state index in [1.807, 2.05) is 25.1 Å². The Labute approximate surface area is 118 Å². The summed E-state index contributed by atoms with van der Waals surface area (Å²) in [6, 6.07) is 6.28. The van der Waals surface area contributed by atoms with E-state index >= 15 is 0 Å². The number of nitrogens with one attached hydrogen (secondary N) is 1. The Morgan fingerprint density at radius 3 is 2.90 bits per heavy atom. The van der Waals surface area contributed by atoms with Gasteiger partial charge in [-0.25, -0.2) is 9.66 Å². The van der Waals surface area contributed by atoms with Crippen LogP contribution in [0.2, 0.25) is 0 Å². The molecule has 20 heavy (non-hydrogen) atoms. The monoisotopic (exact) mass is 271 g/mol. The molecule has 1 fully saturated rings. The predicted octanol–water partition coefficient (Wildman–Crippen LogP) is 2.84. The van der Waals surface area contributed by atoms with Gasteiger partial charge in [0.1, 0.15) is 0 Å². The van der Waals surface area contributed by atoms with Crippen molar-refractivity contribution in [3.8, 4) is 0 Å². The number of fused-ring (bicyclic) bond motifs is 1. The molecule has 0 aromatic carbocycles. The van der Waals surface area contributed by atoms with Crippen LogP contribution >= 0.6 is 0 Å². The van der Waals surface area contributed by atoms with Crippen molar-refractivity contribution in [2.75, 3.05) is 5.43 Å². The van der Waals surface area contributed by atoms with Crippen LogP contribution in [0.4, 0.5) is 0 Å². The molecular weight excluding hydrogens is 250 g/mol. The summed E-state index contributed by atoms with van der Waals surface area (Å²) in [5.74, 6) is 0. The van der Waals surface area contributed by atoms with Crippen molar-refractivity contribution in [3.05, 3.63) is 40.3 Å². The molecule has 1 N–H and O–H groups in total. The minimum absolute atomic E-state index is 0.0456. The Bertz CT molecular complexity index is 656. The van der Waals surface area contributed by atoms with Crippen LogP contribution in [0.3, 0.4) is 0 Å². The summed E-state index contributed by atoms with van der Waals surface area (Å²) in [4.78, 5) is 16.9. The highest BCUT2D eigenvalue weighted by Crippen LogP contribution is 2.19. The molecule has 0 atom stereocenters. The predicted molar refractivity (Wildman–Crippen MR) is 81.6 cm³/mol. The summed E-state index contributed by atoms with van der Waals surface area (Å²) in [6.45, 7) is 2.02. The van der Waals surface area contributed by atoms with E-state index in [1.54, 1.807) is 10.9 Å². The number of pyridine rings is 2. The average molecular weight is 271 g/mol. The third-order valence-electron chi connectivity index (χ3n) is 4.13. The molecule has 2 heterocycles. The fraction of sp³-hybridized carbons (Fsp3) is 0.500. The Morgan fingerprint density at radius 2 is 2.15 bits per heavy atom. The highest BCUT2D eigenvalue weighted by atomic mass is 16.1. The first kappa shape index (κ1) is 13.2. The Kier molecular flexibility index (Phi) is 3.72. The second-order valence-electron chi connectivity index (χ2n) is 5.54. The van der Waals surface area contributed by atoms with Gasteiger partial charge in [-0.05, 0) is 37.5 Å².